The van der Waals surface area contributed by atoms with Crippen molar-refractivity contribution in [2.24, 2.45) is 0 Å². The molecule has 0 saturated carbocycles. The second-order valence-corrected chi connectivity index (χ2v) is 10.0. The van der Waals surface area contributed by atoms with E-state index in [4.69, 9.17) is 4.74 Å². The Morgan fingerprint density at radius 2 is 1.80 bits per heavy atom. The zero-order chi connectivity index (χ0) is 27.6. The molecular weight excluding hydrogens is 512 g/mol. The first-order valence-corrected chi connectivity index (χ1v) is 13.6. The van der Waals surface area contributed by atoms with Crippen molar-refractivity contribution in [2.45, 2.75) is 19.8 Å². The number of hydrogen-bond acceptors (Lipinski definition) is 9. The van der Waals surface area contributed by atoms with Crippen LogP contribution in [0, 0.1) is 0 Å². The van der Waals surface area contributed by atoms with E-state index in [1.807, 2.05) is 23.1 Å². The van der Waals surface area contributed by atoms with Crippen LogP contribution in [-0.4, -0.2) is 105 Å². The monoisotopic (exact) mass is 544 g/mol. The van der Waals surface area contributed by atoms with Crippen LogP contribution >= 0.6 is 0 Å². The highest BCUT2D eigenvalue weighted by Gasteiger charge is 2.23. The summed E-state index contributed by atoms with van der Waals surface area (Å²) in [6, 6.07) is 5.83. The van der Waals surface area contributed by atoms with E-state index in [2.05, 4.69) is 52.1 Å². The maximum atomic E-state index is 12.9. The molecule has 4 aromatic rings. The van der Waals surface area contributed by atoms with Crippen LogP contribution in [0.3, 0.4) is 0 Å². The van der Waals surface area contributed by atoms with Crippen LogP contribution in [0.25, 0.3) is 33.5 Å². The summed E-state index contributed by atoms with van der Waals surface area (Å²) in [7, 11) is 2.12. The number of carbonyl (C=O) groups excluding carboxylic acids is 2. The summed E-state index contributed by atoms with van der Waals surface area (Å²) in [4.78, 5) is 55.9. The number of benzene rings is 1. The molecule has 0 radical (unpaired) electrons. The fraction of sp³-hybridized carbons (Fsp3) is 0.407. The largest absolute Gasteiger partial charge is 0.450 e. The van der Waals surface area contributed by atoms with Gasteiger partial charge in [-0.15, -0.1) is 0 Å². The topological polar surface area (TPSA) is 148 Å². The number of hydrogen-bond donors (Lipinski definition) is 3. The molecule has 2 aliphatic rings. The molecule has 2 saturated heterocycles. The van der Waals surface area contributed by atoms with Gasteiger partial charge in [-0.25, -0.2) is 24.7 Å². The molecule has 2 fully saturated rings. The van der Waals surface area contributed by atoms with Gasteiger partial charge in [0, 0.05) is 56.5 Å². The Balaban J connectivity index is 1.40. The highest BCUT2D eigenvalue weighted by molar-refractivity contribution is 5.98. The number of amides is 2. The van der Waals surface area contributed by atoms with E-state index < -0.39 is 6.09 Å². The van der Waals surface area contributed by atoms with Crippen molar-refractivity contribution >= 4 is 34.8 Å². The first-order valence-electron chi connectivity index (χ1n) is 13.6. The van der Waals surface area contributed by atoms with Gasteiger partial charge < -0.3 is 29.4 Å². The second-order valence-electron chi connectivity index (χ2n) is 10.0. The number of H-pyrrole nitrogens is 2. The number of aromatic nitrogens is 6. The van der Waals surface area contributed by atoms with Gasteiger partial charge in [0.05, 0.1) is 35.2 Å². The summed E-state index contributed by atoms with van der Waals surface area (Å²) in [6.45, 7) is 7.15. The Morgan fingerprint density at radius 3 is 2.58 bits per heavy atom. The Bertz CT molecular complexity index is 1530. The Kier molecular flexibility index (Phi) is 7.03. The number of fused-ring (bicyclic) bond motifs is 1. The molecule has 3 N–H and O–H groups in total. The van der Waals surface area contributed by atoms with Crippen LogP contribution in [0.4, 0.5) is 16.6 Å². The van der Waals surface area contributed by atoms with Crippen LogP contribution in [0.15, 0.2) is 30.7 Å². The van der Waals surface area contributed by atoms with Gasteiger partial charge in [-0.3, -0.25) is 10.1 Å². The summed E-state index contributed by atoms with van der Waals surface area (Å²) >= 11 is 0. The van der Waals surface area contributed by atoms with Gasteiger partial charge in [-0.1, -0.05) is 0 Å². The molecule has 6 rings (SSSR count). The summed E-state index contributed by atoms with van der Waals surface area (Å²) in [6.07, 6.45) is 4.65. The Hall–Kier alpha value is -4.52. The first-order chi connectivity index (χ1) is 19.5. The highest BCUT2D eigenvalue weighted by Crippen LogP contribution is 2.34. The smallest absolute Gasteiger partial charge is 0.413 e. The molecule has 208 valence electrons. The van der Waals surface area contributed by atoms with E-state index in [0.717, 1.165) is 69.1 Å². The van der Waals surface area contributed by atoms with Crippen molar-refractivity contribution in [3.8, 4) is 22.5 Å². The summed E-state index contributed by atoms with van der Waals surface area (Å²) in [5.74, 6) is 1.32. The van der Waals surface area contributed by atoms with Crippen LogP contribution in [0.2, 0.25) is 0 Å². The van der Waals surface area contributed by atoms with E-state index in [0.29, 0.717) is 28.2 Å². The van der Waals surface area contributed by atoms with Crippen LogP contribution in [0.1, 0.15) is 30.4 Å². The van der Waals surface area contributed by atoms with Gasteiger partial charge in [-0.2, -0.15) is 0 Å². The number of anilines is 2. The van der Waals surface area contributed by atoms with Gasteiger partial charge >= 0.3 is 6.09 Å². The van der Waals surface area contributed by atoms with Crippen molar-refractivity contribution < 1.29 is 14.3 Å². The van der Waals surface area contributed by atoms with E-state index in [1.54, 1.807) is 19.4 Å². The van der Waals surface area contributed by atoms with E-state index in [-0.39, 0.29) is 18.5 Å². The molecule has 13 heteroatoms. The average Bonchev–Trinajstić information content (AvgIpc) is 3.74. The predicted octanol–water partition coefficient (Wildman–Crippen LogP) is 2.97. The maximum absolute atomic E-state index is 12.9. The van der Waals surface area contributed by atoms with Gasteiger partial charge in [0.2, 0.25) is 5.95 Å². The third kappa shape index (κ3) is 5.19. The number of piperazine rings is 1. The Morgan fingerprint density at radius 1 is 1.00 bits per heavy atom. The molecule has 0 aliphatic carbocycles. The van der Waals surface area contributed by atoms with Crippen LogP contribution < -0.4 is 10.2 Å². The van der Waals surface area contributed by atoms with Crippen LogP contribution in [0.5, 0.6) is 0 Å². The van der Waals surface area contributed by atoms with Gasteiger partial charge in [-0.05, 0) is 38.9 Å². The minimum absolute atomic E-state index is 0.0971. The minimum atomic E-state index is -0.596. The van der Waals surface area contributed by atoms with Crippen molar-refractivity contribution in [1.82, 2.24) is 39.7 Å². The quantitative estimate of drug-likeness (QED) is 0.333. The number of nitrogens with one attached hydrogen (secondary N) is 3. The molecule has 40 heavy (non-hydrogen) atoms. The molecule has 0 bridgehead atoms. The predicted molar refractivity (Wildman–Crippen MR) is 150 cm³/mol. The molecule has 2 aliphatic heterocycles. The number of rotatable bonds is 6. The number of likely N-dealkylation sites (N-methyl/N-ethyl adjacent to an activating group) is 1. The van der Waals surface area contributed by atoms with Crippen molar-refractivity contribution in [1.29, 1.82) is 0 Å². The highest BCUT2D eigenvalue weighted by atomic mass is 16.5. The lowest BCUT2D eigenvalue weighted by Crippen LogP contribution is -2.44. The molecule has 5 heterocycles. The van der Waals surface area contributed by atoms with Crippen molar-refractivity contribution in [3.05, 3.63) is 36.5 Å². The molecule has 0 atom stereocenters. The lowest BCUT2D eigenvalue weighted by molar-refractivity contribution is 0.0782. The van der Waals surface area contributed by atoms with Gasteiger partial charge in [0.25, 0.3) is 5.91 Å². The zero-order valence-corrected chi connectivity index (χ0v) is 22.6. The maximum Gasteiger partial charge on any atom is 0.413 e. The molecule has 3 aromatic heterocycles. The summed E-state index contributed by atoms with van der Waals surface area (Å²) in [5, 5.41) is 2.64. The molecule has 13 nitrogen and oxygen atoms in total. The number of imidazole rings is 2. The SMILES string of the molecule is CCOC(=O)Nc1nc2c(-c3cc(N4CCN(C)CC4)ncn3)cc(-c3cnc(C(=O)N4CCCC4)[nH]3)cc2[nH]1. The molecule has 2 amide bonds. The number of carbonyl (C=O) groups is 2. The van der Waals surface area contributed by atoms with E-state index in [1.165, 1.54) is 0 Å². The Labute approximate surface area is 231 Å². The van der Waals surface area contributed by atoms with Crippen molar-refractivity contribution in [3.63, 3.8) is 0 Å². The number of aromatic amines is 2. The molecule has 0 unspecified atom stereocenters. The summed E-state index contributed by atoms with van der Waals surface area (Å²) < 4.78 is 5.02. The van der Waals surface area contributed by atoms with E-state index in [9.17, 15) is 9.59 Å². The third-order valence-corrected chi connectivity index (χ3v) is 7.32. The third-order valence-electron chi connectivity index (χ3n) is 7.32. The lowest BCUT2D eigenvalue weighted by Gasteiger charge is -2.33. The van der Waals surface area contributed by atoms with Gasteiger partial charge in [0.1, 0.15) is 12.1 Å². The zero-order valence-electron chi connectivity index (χ0n) is 22.6. The van der Waals surface area contributed by atoms with Crippen LogP contribution in [-0.2, 0) is 4.74 Å². The molecule has 0 spiro atoms. The number of nitrogens with zero attached hydrogens (tertiary/aromatic N) is 7. The van der Waals surface area contributed by atoms with Crippen molar-refractivity contribution in [2.75, 3.05) is 63.1 Å². The van der Waals surface area contributed by atoms with E-state index >= 15 is 0 Å². The number of likely N-dealkylation sites (tertiary alicyclic amines) is 1. The normalized spacial score (nSPS) is 16.1. The fourth-order valence-corrected chi connectivity index (χ4v) is 5.14. The second kappa shape index (κ2) is 10.9. The molecular formula is C27H32N10O3. The van der Waals surface area contributed by atoms with Gasteiger partial charge in [0.15, 0.2) is 5.82 Å². The standard InChI is InChI=1S/C27H32N10O3/c1-3-40-27(39)34-26-32-20-13-17(21-15-28-24(31-21)25(38)37-6-4-5-7-37)12-18(23(20)33-26)19-14-22(30-16-29-19)36-10-8-35(2)9-11-36/h12-16H,3-11H2,1-2H3,(H,28,31)(H2,32,33,34,39). The summed E-state index contributed by atoms with van der Waals surface area (Å²) in [5.41, 5.74) is 4.24. The lowest BCUT2D eigenvalue weighted by atomic mass is 10.0. The number of ether oxygens (including phenoxy) is 1. The average molecular weight is 545 g/mol. The molecule has 1 aromatic carbocycles. The minimum Gasteiger partial charge on any atom is -0.450 e. The fourth-order valence-electron chi connectivity index (χ4n) is 5.14. The first kappa shape index (κ1) is 25.7.